The minimum absolute atomic E-state index is 0.163. The van der Waals surface area contributed by atoms with Crippen LogP contribution in [0.15, 0.2) is 30.3 Å². The fraction of sp³-hybridized carbons (Fsp3) is 0.579. The van der Waals surface area contributed by atoms with Crippen LogP contribution in [0.25, 0.3) is 0 Å². The van der Waals surface area contributed by atoms with Crippen molar-refractivity contribution in [1.82, 2.24) is 10.6 Å². The van der Waals surface area contributed by atoms with Gasteiger partial charge in [-0.25, -0.2) is 4.79 Å². The molecule has 2 N–H and O–H groups in total. The molecule has 0 aromatic heterocycles. The molecule has 1 unspecified atom stereocenters. The van der Waals surface area contributed by atoms with E-state index < -0.39 is 12.0 Å². The number of methoxy groups -OCH3 is 2. The molecular weight excluding hydrogens is 320 g/mol. The lowest BCUT2D eigenvalue weighted by Gasteiger charge is -2.28. The molecule has 1 aromatic rings. The smallest absolute Gasteiger partial charge is 0.328 e. The Hall–Kier alpha value is -1.92. The number of rotatable bonds is 8. The lowest BCUT2D eigenvalue weighted by molar-refractivity contribution is -0.146. The number of nitrogens with one attached hydrogen (secondary N) is 2. The van der Waals surface area contributed by atoms with E-state index in [4.69, 9.17) is 9.47 Å². The number of hydrogen-bond donors (Lipinski definition) is 2. The Bertz CT molecular complexity index is 558. The van der Waals surface area contributed by atoms with Crippen molar-refractivity contribution in [2.75, 3.05) is 20.8 Å². The lowest BCUT2D eigenvalue weighted by atomic mass is 9.95. The zero-order chi connectivity index (χ0) is 18.2. The topological polar surface area (TPSA) is 76.7 Å². The first kappa shape index (κ1) is 19.4. The maximum absolute atomic E-state index is 12.7. The number of carbonyl (C=O) groups excluding carboxylic acids is 2. The van der Waals surface area contributed by atoms with Crippen LogP contribution in [0.2, 0.25) is 0 Å². The van der Waals surface area contributed by atoms with E-state index in [1.165, 1.54) is 7.11 Å². The van der Waals surface area contributed by atoms with Gasteiger partial charge in [-0.15, -0.1) is 0 Å². The summed E-state index contributed by atoms with van der Waals surface area (Å²) in [6.45, 7) is 2.78. The predicted molar refractivity (Wildman–Crippen MR) is 95.1 cm³/mol. The molecule has 2 rings (SSSR count). The van der Waals surface area contributed by atoms with Gasteiger partial charge in [-0.05, 0) is 24.9 Å². The highest BCUT2D eigenvalue weighted by Gasteiger charge is 2.34. The molecule has 1 aliphatic rings. The average Bonchev–Trinajstić information content (AvgIpc) is 3.16. The molecule has 1 saturated heterocycles. The average molecular weight is 348 g/mol. The van der Waals surface area contributed by atoms with Crippen molar-refractivity contribution >= 4 is 11.9 Å². The molecule has 0 saturated carbocycles. The molecule has 6 nitrogen and oxygen atoms in total. The van der Waals surface area contributed by atoms with Crippen molar-refractivity contribution in [2.24, 2.45) is 5.92 Å². The van der Waals surface area contributed by atoms with Crippen LogP contribution in [0.1, 0.15) is 25.3 Å². The maximum Gasteiger partial charge on any atom is 0.328 e. The van der Waals surface area contributed by atoms with Crippen LogP contribution in [0.5, 0.6) is 0 Å². The summed E-state index contributed by atoms with van der Waals surface area (Å²) < 4.78 is 10.4. The summed E-state index contributed by atoms with van der Waals surface area (Å²) in [5, 5.41) is 6.21. The lowest BCUT2D eigenvalue weighted by Crippen LogP contribution is -2.50. The molecule has 0 spiro atoms. The number of amides is 1. The second kappa shape index (κ2) is 9.53. The van der Waals surface area contributed by atoms with Gasteiger partial charge in [0.1, 0.15) is 6.04 Å². The normalized spacial score (nSPS) is 20.5. The summed E-state index contributed by atoms with van der Waals surface area (Å²) in [6.07, 6.45) is 2.24. The van der Waals surface area contributed by atoms with Crippen LogP contribution in [0.4, 0.5) is 0 Å². The maximum atomic E-state index is 12.7. The Kier molecular flexibility index (Phi) is 7.40. The van der Waals surface area contributed by atoms with Crippen LogP contribution in [-0.2, 0) is 25.5 Å². The minimum Gasteiger partial charge on any atom is -0.467 e. The predicted octanol–water partition coefficient (Wildman–Crippen LogP) is 1.29. The second-order valence-corrected chi connectivity index (χ2v) is 6.47. The first-order chi connectivity index (χ1) is 12.1. The van der Waals surface area contributed by atoms with Gasteiger partial charge in [0, 0.05) is 19.6 Å². The van der Waals surface area contributed by atoms with Crippen LogP contribution in [0.3, 0.4) is 0 Å². The molecular formula is C19H28N2O4. The summed E-state index contributed by atoms with van der Waals surface area (Å²) in [6, 6.07) is 9.02. The van der Waals surface area contributed by atoms with Crippen LogP contribution in [0, 0.1) is 5.92 Å². The van der Waals surface area contributed by atoms with Gasteiger partial charge < -0.3 is 20.1 Å². The monoisotopic (exact) mass is 348 g/mol. The van der Waals surface area contributed by atoms with E-state index in [1.54, 1.807) is 7.11 Å². The fourth-order valence-electron chi connectivity index (χ4n) is 3.35. The van der Waals surface area contributed by atoms with Gasteiger partial charge in [0.25, 0.3) is 0 Å². The molecule has 1 aromatic carbocycles. The highest BCUT2D eigenvalue weighted by molar-refractivity contribution is 5.86. The Balaban J connectivity index is 2.03. The molecule has 138 valence electrons. The van der Waals surface area contributed by atoms with Crippen molar-refractivity contribution < 1.29 is 19.1 Å². The Morgan fingerprint density at radius 2 is 2.00 bits per heavy atom. The minimum atomic E-state index is -0.712. The van der Waals surface area contributed by atoms with E-state index in [0.717, 1.165) is 24.9 Å². The van der Waals surface area contributed by atoms with Crippen molar-refractivity contribution in [2.45, 2.75) is 44.4 Å². The highest BCUT2D eigenvalue weighted by atomic mass is 16.5. The summed E-state index contributed by atoms with van der Waals surface area (Å²) in [5.41, 5.74) is 0.964. The quantitative estimate of drug-likeness (QED) is 0.693. The first-order valence-corrected chi connectivity index (χ1v) is 8.75. The van der Waals surface area contributed by atoms with Crippen molar-refractivity contribution in [1.29, 1.82) is 0 Å². The number of benzene rings is 1. The molecule has 0 bridgehead atoms. The Morgan fingerprint density at radius 3 is 2.56 bits per heavy atom. The molecule has 0 radical (unpaired) electrons. The molecule has 1 aliphatic heterocycles. The SMILES string of the molecule is COC(=O)[C@H](Cc1ccccc1)NC(=O)[C@@H](C)[C@@H](OC)C1CCCN1. The van der Waals surface area contributed by atoms with E-state index in [-0.39, 0.29) is 24.0 Å². The van der Waals surface area contributed by atoms with Crippen LogP contribution in [-0.4, -0.2) is 50.8 Å². The molecule has 1 fully saturated rings. The molecule has 6 heteroatoms. The number of ether oxygens (including phenoxy) is 2. The van der Waals surface area contributed by atoms with E-state index >= 15 is 0 Å². The third kappa shape index (κ3) is 5.28. The molecule has 1 heterocycles. The van der Waals surface area contributed by atoms with E-state index in [1.807, 2.05) is 37.3 Å². The summed E-state index contributed by atoms with van der Waals surface area (Å²) in [7, 11) is 2.95. The van der Waals surface area contributed by atoms with Gasteiger partial charge in [-0.1, -0.05) is 37.3 Å². The largest absolute Gasteiger partial charge is 0.467 e. The van der Waals surface area contributed by atoms with E-state index in [2.05, 4.69) is 10.6 Å². The van der Waals surface area contributed by atoms with Crippen molar-refractivity contribution in [3.63, 3.8) is 0 Å². The molecule has 4 atom stereocenters. The fourth-order valence-corrected chi connectivity index (χ4v) is 3.35. The zero-order valence-corrected chi connectivity index (χ0v) is 15.2. The molecule has 1 amide bonds. The third-order valence-electron chi connectivity index (χ3n) is 4.76. The van der Waals surface area contributed by atoms with Gasteiger partial charge in [-0.3, -0.25) is 4.79 Å². The zero-order valence-electron chi connectivity index (χ0n) is 15.2. The first-order valence-electron chi connectivity index (χ1n) is 8.75. The summed E-state index contributed by atoms with van der Waals surface area (Å²) in [4.78, 5) is 24.8. The summed E-state index contributed by atoms with van der Waals surface area (Å²) in [5.74, 6) is -1.02. The van der Waals surface area contributed by atoms with E-state index in [9.17, 15) is 9.59 Å². The Labute approximate surface area is 149 Å². The van der Waals surface area contributed by atoms with E-state index in [0.29, 0.717) is 6.42 Å². The highest BCUT2D eigenvalue weighted by Crippen LogP contribution is 2.19. The number of carbonyl (C=O) groups is 2. The standard InChI is InChI=1S/C19H28N2O4/c1-13(17(24-2)15-10-7-11-20-15)18(22)21-16(19(23)25-3)12-14-8-5-4-6-9-14/h4-6,8-9,13,15-17,20H,7,10-12H2,1-3H3,(H,21,22)/t13-,15?,16-,17+/m0/s1. The Morgan fingerprint density at radius 1 is 1.28 bits per heavy atom. The van der Waals surface area contributed by atoms with Gasteiger partial charge >= 0.3 is 5.97 Å². The van der Waals surface area contributed by atoms with Gasteiger partial charge in [0.15, 0.2) is 0 Å². The van der Waals surface area contributed by atoms with Gasteiger partial charge in [0.05, 0.1) is 19.1 Å². The second-order valence-electron chi connectivity index (χ2n) is 6.47. The molecule has 25 heavy (non-hydrogen) atoms. The third-order valence-corrected chi connectivity index (χ3v) is 4.76. The molecule has 0 aliphatic carbocycles. The van der Waals surface area contributed by atoms with Crippen LogP contribution < -0.4 is 10.6 Å². The number of esters is 1. The van der Waals surface area contributed by atoms with Crippen molar-refractivity contribution in [3.8, 4) is 0 Å². The van der Waals surface area contributed by atoms with Crippen LogP contribution >= 0.6 is 0 Å². The summed E-state index contributed by atoms with van der Waals surface area (Å²) >= 11 is 0. The number of hydrogen-bond acceptors (Lipinski definition) is 5. The van der Waals surface area contributed by atoms with Crippen molar-refractivity contribution in [3.05, 3.63) is 35.9 Å². The van der Waals surface area contributed by atoms with Gasteiger partial charge in [0.2, 0.25) is 5.91 Å². The van der Waals surface area contributed by atoms with Gasteiger partial charge in [-0.2, -0.15) is 0 Å².